The molecule has 0 bridgehead atoms. The molecule has 0 aliphatic carbocycles. The molecular formula is C17H29N5O4S2. The molecule has 0 spiro atoms. The van der Waals surface area contributed by atoms with Gasteiger partial charge in [0.25, 0.3) is 0 Å². The number of amides is 1. The fourth-order valence-corrected chi connectivity index (χ4v) is 4.45. The predicted octanol–water partition coefficient (Wildman–Crippen LogP) is 1.20. The number of hydrogen-bond donors (Lipinski definition) is 3. The minimum Gasteiger partial charge on any atom is -0.444 e. The number of likely N-dealkylation sites (tertiary alicyclic amines) is 1. The summed E-state index contributed by atoms with van der Waals surface area (Å²) >= 11 is 1.17. The van der Waals surface area contributed by atoms with E-state index in [1.165, 1.54) is 11.3 Å². The fourth-order valence-electron chi connectivity index (χ4n) is 2.39. The molecule has 0 saturated carbocycles. The number of aliphatic imine (C=N–C) groups is 1. The van der Waals surface area contributed by atoms with Crippen molar-refractivity contribution in [2.45, 2.75) is 43.5 Å². The first-order valence-electron chi connectivity index (χ1n) is 9.16. The van der Waals surface area contributed by atoms with Gasteiger partial charge in [0, 0.05) is 26.2 Å². The highest BCUT2D eigenvalue weighted by Crippen LogP contribution is 2.16. The van der Waals surface area contributed by atoms with Crippen LogP contribution >= 0.6 is 11.3 Å². The van der Waals surface area contributed by atoms with Gasteiger partial charge in [0.1, 0.15) is 9.81 Å². The van der Waals surface area contributed by atoms with Crippen molar-refractivity contribution in [1.29, 1.82) is 0 Å². The quantitative estimate of drug-likeness (QED) is 0.340. The van der Waals surface area contributed by atoms with Crippen molar-refractivity contribution in [2.75, 3.05) is 32.7 Å². The van der Waals surface area contributed by atoms with Gasteiger partial charge in [-0.3, -0.25) is 4.99 Å². The number of rotatable bonds is 7. The summed E-state index contributed by atoms with van der Waals surface area (Å²) in [6.07, 6.45) is -0.324. The molecule has 2 rings (SSSR count). The van der Waals surface area contributed by atoms with Crippen molar-refractivity contribution in [1.82, 2.24) is 20.3 Å². The minimum absolute atomic E-state index is 0.0770. The Labute approximate surface area is 170 Å². The fraction of sp³-hybridized carbons (Fsp3) is 0.647. The highest BCUT2D eigenvalue weighted by molar-refractivity contribution is 7.91. The van der Waals surface area contributed by atoms with Crippen LogP contribution in [0, 0.1) is 0 Å². The zero-order chi connectivity index (χ0) is 20.8. The lowest BCUT2D eigenvalue weighted by molar-refractivity contribution is 0.00700. The third-order valence-electron chi connectivity index (χ3n) is 3.65. The van der Waals surface area contributed by atoms with Gasteiger partial charge in [-0.15, -0.1) is 11.3 Å². The highest BCUT2D eigenvalue weighted by atomic mass is 32.2. The molecule has 0 radical (unpaired) electrons. The molecule has 1 aliphatic rings. The molecule has 1 aliphatic heterocycles. The standard InChI is InChI=1S/C17H29N5O4S2/c1-5-18-15(19-8-9-20-28(24,25)14-7-6-10-27-14)21-13-11-22(12-13)16(23)26-17(2,3)4/h6-7,10,13,20H,5,8-9,11-12H2,1-4H3,(H2,18,19,21). The summed E-state index contributed by atoms with van der Waals surface area (Å²) in [4.78, 5) is 18.0. The number of ether oxygens (including phenoxy) is 1. The summed E-state index contributed by atoms with van der Waals surface area (Å²) in [7, 11) is -3.48. The molecule has 1 aromatic rings. The summed E-state index contributed by atoms with van der Waals surface area (Å²) in [5.41, 5.74) is -0.511. The van der Waals surface area contributed by atoms with Gasteiger partial charge in [-0.25, -0.2) is 17.9 Å². The van der Waals surface area contributed by atoms with E-state index >= 15 is 0 Å². The summed E-state index contributed by atoms with van der Waals surface area (Å²) < 4.78 is 32.3. The van der Waals surface area contributed by atoms with Gasteiger partial charge in [-0.05, 0) is 39.1 Å². The number of nitrogens with zero attached hydrogens (tertiary/aromatic N) is 2. The van der Waals surface area contributed by atoms with Crippen molar-refractivity contribution in [2.24, 2.45) is 4.99 Å². The molecular weight excluding hydrogens is 402 g/mol. The van der Waals surface area contributed by atoms with Crippen LogP contribution in [0.4, 0.5) is 4.79 Å². The van der Waals surface area contributed by atoms with Crippen LogP contribution in [0.15, 0.2) is 26.7 Å². The molecule has 1 amide bonds. The summed E-state index contributed by atoms with van der Waals surface area (Å²) in [5.74, 6) is 0.590. The van der Waals surface area contributed by atoms with E-state index in [9.17, 15) is 13.2 Å². The van der Waals surface area contributed by atoms with Gasteiger partial charge in [0.15, 0.2) is 5.96 Å². The Kier molecular flexibility index (Phi) is 7.67. The second kappa shape index (κ2) is 9.57. The van der Waals surface area contributed by atoms with Gasteiger partial charge in [0.05, 0.1) is 12.6 Å². The predicted molar refractivity (Wildman–Crippen MR) is 110 cm³/mol. The summed E-state index contributed by atoms with van der Waals surface area (Å²) in [6, 6.07) is 3.34. The second-order valence-corrected chi connectivity index (χ2v) is 10.3. The van der Waals surface area contributed by atoms with Gasteiger partial charge in [0.2, 0.25) is 10.0 Å². The largest absolute Gasteiger partial charge is 0.444 e. The SMILES string of the molecule is CCNC(=NCCNS(=O)(=O)c1cccs1)NC1CN(C(=O)OC(C)(C)C)C1. The Hall–Kier alpha value is -1.85. The van der Waals surface area contributed by atoms with E-state index in [4.69, 9.17) is 4.74 Å². The normalized spacial score (nSPS) is 15.9. The molecule has 1 aromatic heterocycles. The Balaban J connectivity index is 1.77. The molecule has 3 N–H and O–H groups in total. The molecule has 0 aromatic carbocycles. The van der Waals surface area contributed by atoms with Crippen molar-refractivity contribution in [3.05, 3.63) is 17.5 Å². The number of carbonyl (C=O) groups excluding carboxylic acids is 1. The average Bonchev–Trinajstić information content (AvgIpc) is 3.07. The van der Waals surface area contributed by atoms with Crippen LogP contribution in [0.3, 0.4) is 0 Å². The molecule has 9 nitrogen and oxygen atoms in total. The van der Waals surface area contributed by atoms with E-state index in [1.807, 2.05) is 27.7 Å². The number of thiophene rings is 1. The van der Waals surface area contributed by atoms with Gasteiger partial charge < -0.3 is 20.3 Å². The van der Waals surface area contributed by atoms with Gasteiger partial charge in [-0.1, -0.05) is 6.07 Å². The molecule has 11 heteroatoms. The number of guanidine groups is 1. The number of carbonyl (C=O) groups is 1. The van der Waals surface area contributed by atoms with Crippen LogP contribution in [0.1, 0.15) is 27.7 Å². The zero-order valence-electron chi connectivity index (χ0n) is 16.7. The minimum atomic E-state index is -3.48. The van der Waals surface area contributed by atoms with Gasteiger partial charge in [-0.2, -0.15) is 0 Å². The maximum absolute atomic E-state index is 12.1. The Morgan fingerprint density at radius 1 is 1.39 bits per heavy atom. The molecule has 1 fully saturated rings. The maximum atomic E-state index is 12.1. The number of nitrogens with one attached hydrogen (secondary N) is 3. The maximum Gasteiger partial charge on any atom is 0.410 e. The van der Waals surface area contributed by atoms with E-state index in [1.54, 1.807) is 22.4 Å². The van der Waals surface area contributed by atoms with Crippen molar-refractivity contribution >= 4 is 33.4 Å². The first-order valence-corrected chi connectivity index (χ1v) is 11.5. The molecule has 2 heterocycles. The van der Waals surface area contributed by atoms with E-state index in [0.717, 1.165) is 0 Å². The van der Waals surface area contributed by atoms with Crippen LogP contribution in [0.5, 0.6) is 0 Å². The molecule has 28 heavy (non-hydrogen) atoms. The zero-order valence-corrected chi connectivity index (χ0v) is 18.3. The third-order valence-corrected chi connectivity index (χ3v) is 6.51. The van der Waals surface area contributed by atoms with Crippen molar-refractivity contribution < 1.29 is 17.9 Å². The highest BCUT2D eigenvalue weighted by Gasteiger charge is 2.34. The Morgan fingerprint density at radius 2 is 2.11 bits per heavy atom. The van der Waals surface area contributed by atoms with E-state index < -0.39 is 15.6 Å². The number of hydrogen-bond acceptors (Lipinski definition) is 6. The third kappa shape index (κ3) is 6.95. The van der Waals surface area contributed by atoms with Crippen LogP contribution in [0.2, 0.25) is 0 Å². The Morgan fingerprint density at radius 3 is 2.68 bits per heavy atom. The first kappa shape index (κ1) is 22.4. The van der Waals surface area contributed by atoms with Crippen LogP contribution in [-0.4, -0.2) is 69.7 Å². The average molecular weight is 432 g/mol. The monoisotopic (exact) mass is 431 g/mol. The van der Waals surface area contributed by atoms with Crippen molar-refractivity contribution in [3.63, 3.8) is 0 Å². The molecule has 158 valence electrons. The van der Waals surface area contributed by atoms with E-state index in [2.05, 4.69) is 20.3 Å². The smallest absolute Gasteiger partial charge is 0.410 e. The van der Waals surface area contributed by atoms with E-state index in [-0.39, 0.29) is 18.7 Å². The van der Waals surface area contributed by atoms with E-state index in [0.29, 0.717) is 36.3 Å². The second-order valence-electron chi connectivity index (χ2n) is 7.32. The summed E-state index contributed by atoms with van der Waals surface area (Å²) in [6.45, 7) is 9.69. The summed E-state index contributed by atoms with van der Waals surface area (Å²) in [5, 5.41) is 8.08. The molecule has 0 atom stereocenters. The lowest BCUT2D eigenvalue weighted by atomic mass is 10.1. The lowest BCUT2D eigenvalue weighted by Crippen LogP contribution is -2.63. The van der Waals surface area contributed by atoms with Crippen LogP contribution < -0.4 is 15.4 Å². The number of sulfonamides is 1. The topological polar surface area (TPSA) is 112 Å². The van der Waals surface area contributed by atoms with Crippen LogP contribution in [-0.2, 0) is 14.8 Å². The molecule has 1 saturated heterocycles. The van der Waals surface area contributed by atoms with Crippen LogP contribution in [0.25, 0.3) is 0 Å². The first-order chi connectivity index (χ1) is 13.1. The molecule has 0 unspecified atom stereocenters. The lowest BCUT2D eigenvalue weighted by Gasteiger charge is -2.40. The van der Waals surface area contributed by atoms with Gasteiger partial charge >= 0.3 is 6.09 Å². The van der Waals surface area contributed by atoms with Crippen molar-refractivity contribution in [3.8, 4) is 0 Å². The Bertz CT molecular complexity index is 766.